The van der Waals surface area contributed by atoms with Crippen molar-refractivity contribution in [3.63, 3.8) is 0 Å². The van der Waals surface area contributed by atoms with Gasteiger partial charge in [0.15, 0.2) is 0 Å². The lowest BCUT2D eigenvalue weighted by atomic mass is 10.1. The molecule has 2 aliphatic rings. The molecule has 2 rings (SSSR count). The van der Waals surface area contributed by atoms with Gasteiger partial charge in [-0.15, -0.1) is 0 Å². The maximum absolute atomic E-state index is 5.66. The molecular weight excluding hydrogens is 236 g/mol. The van der Waals surface area contributed by atoms with Crippen LogP contribution in [0.15, 0.2) is 35.1 Å². The van der Waals surface area contributed by atoms with Crippen LogP contribution < -0.4 is 0 Å². The van der Waals surface area contributed by atoms with Crippen molar-refractivity contribution in [1.82, 2.24) is 0 Å². The molecule has 2 heteroatoms. The molecule has 19 heavy (non-hydrogen) atoms. The van der Waals surface area contributed by atoms with E-state index in [0.29, 0.717) is 0 Å². The molecule has 0 fully saturated rings. The molecule has 0 bridgehead atoms. The molecule has 0 saturated carbocycles. The summed E-state index contributed by atoms with van der Waals surface area (Å²) < 4.78 is 10.9. The van der Waals surface area contributed by atoms with Crippen LogP contribution in [0.2, 0.25) is 0 Å². The summed E-state index contributed by atoms with van der Waals surface area (Å²) in [5, 5.41) is 0. The second-order valence-corrected chi connectivity index (χ2v) is 5.02. The van der Waals surface area contributed by atoms with Gasteiger partial charge in [0.25, 0.3) is 0 Å². The Morgan fingerprint density at radius 3 is 3.00 bits per heavy atom. The predicted octanol–water partition coefficient (Wildman–Crippen LogP) is 4.73. The SMILES string of the molecule is [CH2]C(CCC)OCCCCc1ccc2ccocc1-2. The van der Waals surface area contributed by atoms with Crippen LogP contribution >= 0.6 is 0 Å². The standard InChI is InChI=1S/C17H23O2/c1-3-6-14(2)19-11-5-4-7-15-8-9-16-10-12-18-13-17(15)16/h8-10,12-14H,2-7,11H2,1H3. The average molecular weight is 259 g/mol. The maximum Gasteiger partial charge on any atom is 0.0982 e. The normalized spacial score (nSPS) is 12.9. The second-order valence-electron chi connectivity index (χ2n) is 5.02. The summed E-state index contributed by atoms with van der Waals surface area (Å²) in [7, 11) is 0. The molecule has 2 nitrogen and oxygen atoms in total. The molecule has 0 spiro atoms. The fraction of sp³-hybridized carbons (Fsp3) is 0.471. The fourth-order valence-corrected chi connectivity index (χ4v) is 2.36. The van der Waals surface area contributed by atoms with E-state index < -0.39 is 0 Å². The average Bonchev–Trinajstić information content (AvgIpc) is 2.82. The second kappa shape index (κ2) is 7.34. The van der Waals surface area contributed by atoms with Gasteiger partial charge in [0.1, 0.15) is 0 Å². The van der Waals surface area contributed by atoms with E-state index in [9.17, 15) is 0 Å². The Hall–Kier alpha value is -1.28. The van der Waals surface area contributed by atoms with E-state index in [4.69, 9.17) is 9.15 Å². The van der Waals surface area contributed by atoms with Crippen LogP contribution in [0.5, 0.6) is 0 Å². The van der Waals surface area contributed by atoms with Gasteiger partial charge in [0, 0.05) is 12.2 Å². The van der Waals surface area contributed by atoms with Gasteiger partial charge in [-0.2, -0.15) is 0 Å². The predicted molar refractivity (Wildman–Crippen MR) is 78.3 cm³/mol. The van der Waals surface area contributed by atoms with Crippen molar-refractivity contribution in [1.29, 1.82) is 0 Å². The van der Waals surface area contributed by atoms with Gasteiger partial charge in [0.2, 0.25) is 0 Å². The first-order valence-corrected chi connectivity index (χ1v) is 7.19. The van der Waals surface area contributed by atoms with E-state index in [1.807, 2.05) is 12.3 Å². The third-order valence-corrected chi connectivity index (χ3v) is 3.44. The van der Waals surface area contributed by atoms with Gasteiger partial charge in [-0.05, 0) is 49.8 Å². The van der Waals surface area contributed by atoms with Gasteiger partial charge >= 0.3 is 0 Å². The molecule has 0 aromatic carbocycles. The Morgan fingerprint density at radius 2 is 2.16 bits per heavy atom. The third-order valence-electron chi connectivity index (χ3n) is 3.44. The van der Waals surface area contributed by atoms with Crippen LogP contribution in [0.25, 0.3) is 11.1 Å². The number of hydrogen-bond acceptors (Lipinski definition) is 2. The minimum atomic E-state index is 0.156. The summed E-state index contributed by atoms with van der Waals surface area (Å²) in [4.78, 5) is 0. The van der Waals surface area contributed by atoms with Crippen LogP contribution in [-0.4, -0.2) is 12.7 Å². The van der Waals surface area contributed by atoms with E-state index in [2.05, 4.69) is 26.0 Å². The Balaban J connectivity index is 1.69. The maximum atomic E-state index is 5.66. The van der Waals surface area contributed by atoms with Gasteiger partial charge < -0.3 is 9.15 Å². The number of ether oxygens (including phenoxy) is 1. The van der Waals surface area contributed by atoms with E-state index >= 15 is 0 Å². The number of rotatable bonds is 8. The number of hydrogen-bond donors (Lipinski definition) is 0. The van der Waals surface area contributed by atoms with Crippen molar-refractivity contribution >= 4 is 0 Å². The molecule has 0 N–H and O–H groups in total. The van der Waals surface area contributed by atoms with Crippen molar-refractivity contribution in [3.8, 4) is 11.1 Å². The monoisotopic (exact) mass is 259 g/mol. The summed E-state index contributed by atoms with van der Waals surface area (Å²) in [6.07, 6.45) is 9.23. The van der Waals surface area contributed by atoms with Crippen molar-refractivity contribution in [2.24, 2.45) is 0 Å². The first kappa shape index (κ1) is 14.1. The molecule has 1 radical (unpaired) electrons. The highest BCUT2D eigenvalue weighted by molar-refractivity contribution is 5.69. The van der Waals surface area contributed by atoms with Crippen LogP contribution in [-0.2, 0) is 11.2 Å². The molecule has 1 unspecified atom stereocenters. The highest BCUT2D eigenvalue weighted by Gasteiger charge is 2.09. The summed E-state index contributed by atoms with van der Waals surface area (Å²) >= 11 is 0. The lowest BCUT2D eigenvalue weighted by Crippen LogP contribution is -2.09. The van der Waals surface area contributed by atoms with Gasteiger partial charge in [-0.25, -0.2) is 0 Å². The van der Waals surface area contributed by atoms with Gasteiger partial charge in [0.05, 0.1) is 18.6 Å². The molecule has 0 amide bonds. The van der Waals surface area contributed by atoms with Crippen molar-refractivity contribution in [2.45, 2.75) is 45.1 Å². The van der Waals surface area contributed by atoms with Crippen molar-refractivity contribution in [3.05, 3.63) is 43.2 Å². The summed E-state index contributed by atoms with van der Waals surface area (Å²) in [6, 6.07) is 6.37. The number of fused-ring (bicyclic) bond motifs is 1. The Morgan fingerprint density at radius 1 is 1.26 bits per heavy atom. The number of unbranched alkanes of at least 4 members (excludes halogenated alkanes) is 1. The first-order chi connectivity index (χ1) is 9.31. The molecule has 1 heterocycles. The summed E-state index contributed by atoms with van der Waals surface area (Å²) in [5.74, 6) is 0. The molecule has 1 atom stereocenters. The lowest BCUT2D eigenvalue weighted by Gasteiger charge is -2.11. The Labute approximate surface area is 116 Å². The zero-order valence-electron chi connectivity index (χ0n) is 11.7. The van der Waals surface area contributed by atoms with Gasteiger partial charge in [-0.3, -0.25) is 0 Å². The van der Waals surface area contributed by atoms with Crippen molar-refractivity contribution < 1.29 is 9.15 Å². The summed E-state index contributed by atoms with van der Waals surface area (Å²) in [5.41, 5.74) is 3.88. The molecule has 103 valence electrons. The molecule has 0 aromatic rings. The van der Waals surface area contributed by atoms with Crippen LogP contribution in [0.3, 0.4) is 0 Å². The minimum Gasteiger partial charge on any atom is -0.472 e. The highest BCUT2D eigenvalue weighted by Crippen LogP contribution is 2.28. The van der Waals surface area contributed by atoms with E-state index in [1.165, 1.54) is 16.7 Å². The molecular formula is C17H23O2. The van der Waals surface area contributed by atoms with E-state index in [1.54, 1.807) is 6.26 Å². The number of aryl methyl sites for hydroxylation is 1. The van der Waals surface area contributed by atoms with Crippen molar-refractivity contribution in [2.75, 3.05) is 6.61 Å². The Kier molecular flexibility index (Phi) is 5.46. The zero-order chi connectivity index (χ0) is 13.5. The topological polar surface area (TPSA) is 22.4 Å². The molecule has 1 aliphatic heterocycles. The van der Waals surface area contributed by atoms with E-state index in [0.717, 1.165) is 38.7 Å². The van der Waals surface area contributed by atoms with Crippen LogP contribution in [0.1, 0.15) is 38.2 Å². The third kappa shape index (κ3) is 4.10. The van der Waals surface area contributed by atoms with Crippen LogP contribution in [0.4, 0.5) is 0 Å². The first-order valence-electron chi connectivity index (χ1n) is 7.19. The van der Waals surface area contributed by atoms with E-state index in [-0.39, 0.29) is 6.10 Å². The zero-order valence-corrected chi connectivity index (χ0v) is 11.7. The fourth-order valence-electron chi connectivity index (χ4n) is 2.36. The summed E-state index contributed by atoms with van der Waals surface area (Å²) in [6.45, 7) is 6.96. The van der Waals surface area contributed by atoms with Gasteiger partial charge in [-0.1, -0.05) is 25.5 Å². The quantitative estimate of drug-likeness (QED) is 0.640. The molecule has 0 aromatic heterocycles. The van der Waals surface area contributed by atoms with Crippen LogP contribution in [0, 0.1) is 6.92 Å². The molecule has 0 saturated heterocycles. The lowest BCUT2D eigenvalue weighted by molar-refractivity contribution is 0.0744. The minimum absolute atomic E-state index is 0.156. The smallest absolute Gasteiger partial charge is 0.0982 e. The largest absolute Gasteiger partial charge is 0.472 e. The Bertz CT molecular complexity index is 447. The highest BCUT2D eigenvalue weighted by atomic mass is 16.5. The molecule has 1 aliphatic carbocycles.